The van der Waals surface area contributed by atoms with Crippen molar-refractivity contribution in [2.45, 2.75) is 23.7 Å². The summed E-state index contributed by atoms with van der Waals surface area (Å²) in [6.07, 6.45) is -1.50. The van der Waals surface area contributed by atoms with Crippen molar-refractivity contribution in [1.29, 1.82) is 0 Å². The Kier molecular flexibility index (Phi) is 8.09. The predicted molar refractivity (Wildman–Crippen MR) is 148 cm³/mol. The highest BCUT2D eigenvalue weighted by Gasteiger charge is 2.42. The Labute approximate surface area is 239 Å². The Balaban J connectivity index is 1.40. The summed E-state index contributed by atoms with van der Waals surface area (Å²) in [5, 5.41) is 5.82. The number of halogens is 3. The van der Waals surface area contributed by atoms with Crippen molar-refractivity contribution < 1.29 is 31.2 Å². The summed E-state index contributed by atoms with van der Waals surface area (Å²) in [7, 11) is -4.26. The second-order valence-corrected chi connectivity index (χ2v) is 11.3. The van der Waals surface area contributed by atoms with Gasteiger partial charge in [-0.3, -0.25) is 14.8 Å². The number of rotatable bonds is 6. The van der Waals surface area contributed by atoms with Crippen molar-refractivity contribution in [3.63, 3.8) is 0 Å². The van der Waals surface area contributed by atoms with Crippen molar-refractivity contribution in [1.82, 2.24) is 24.5 Å². The van der Waals surface area contributed by atoms with E-state index in [4.69, 9.17) is 0 Å². The van der Waals surface area contributed by atoms with Gasteiger partial charge in [-0.2, -0.15) is 17.5 Å². The quantitative estimate of drug-likeness (QED) is 0.347. The topological polar surface area (TPSA) is 125 Å². The molecule has 10 nitrogen and oxygen atoms in total. The zero-order valence-electron chi connectivity index (χ0n) is 22.0. The van der Waals surface area contributed by atoms with E-state index in [1.165, 1.54) is 17.2 Å². The van der Waals surface area contributed by atoms with Crippen LogP contribution in [0.1, 0.15) is 11.3 Å². The molecule has 2 aromatic heterocycles. The second kappa shape index (κ2) is 11.7. The van der Waals surface area contributed by atoms with Gasteiger partial charge in [0.05, 0.1) is 23.3 Å². The molecular weight excluding hydrogens is 573 g/mol. The number of alkyl halides is 3. The number of carbonyl (C=O) groups excluding carboxylic acids is 2. The predicted octanol–water partition coefficient (Wildman–Crippen LogP) is 3.87. The Bertz CT molecular complexity index is 1700. The summed E-state index contributed by atoms with van der Waals surface area (Å²) >= 11 is 0. The molecule has 0 spiro atoms. The number of carbonyl (C=O) groups is 2. The summed E-state index contributed by atoms with van der Waals surface area (Å²) in [4.78, 5) is 36.1. The third-order valence-electron chi connectivity index (χ3n) is 6.74. The van der Waals surface area contributed by atoms with E-state index in [1.54, 1.807) is 48.7 Å². The van der Waals surface area contributed by atoms with Crippen LogP contribution < -0.4 is 10.6 Å². The molecule has 3 amide bonds. The van der Waals surface area contributed by atoms with Gasteiger partial charge in [0.15, 0.2) is 0 Å². The smallest absolute Gasteiger partial charge is 0.349 e. The summed E-state index contributed by atoms with van der Waals surface area (Å²) in [6.45, 7) is -0.572. The SMILES string of the molecule is O=C(NCc1ccccn1)C1CN(C(=O)Nc2ccc(C(F)(F)F)cc2)CCN1S(=O)(=O)c1cccc2cccnc12. The number of aromatic nitrogens is 2. The third-order valence-corrected chi connectivity index (χ3v) is 8.68. The van der Waals surface area contributed by atoms with Crippen molar-refractivity contribution >= 4 is 38.6 Å². The van der Waals surface area contributed by atoms with Crippen LogP contribution in [0.25, 0.3) is 10.9 Å². The lowest BCUT2D eigenvalue weighted by molar-refractivity contribution is -0.137. The van der Waals surface area contributed by atoms with Gasteiger partial charge in [-0.25, -0.2) is 13.2 Å². The molecule has 2 aromatic carbocycles. The van der Waals surface area contributed by atoms with Crippen LogP contribution in [0.2, 0.25) is 0 Å². The van der Waals surface area contributed by atoms with Crippen LogP contribution in [-0.2, 0) is 27.5 Å². The van der Waals surface area contributed by atoms with Crippen LogP contribution in [0.15, 0.2) is 90.1 Å². The Hall–Kier alpha value is -4.56. The van der Waals surface area contributed by atoms with E-state index in [0.29, 0.717) is 11.1 Å². The molecule has 0 saturated carbocycles. The first-order valence-electron chi connectivity index (χ1n) is 12.8. The number of hydrogen-bond donors (Lipinski definition) is 2. The minimum Gasteiger partial charge on any atom is -0.349 e. The Morgan fingerprint density at radius 1 is 0.905 bits per heavy atom. The normalized spacial score (nSPS) is 16.3. The summed E-state index contributed by atoms with van der Waals surface area (Å²) in [5.41, 5.74) is 0.0364. The molecule has 2 N–H and O–H groups in total. The molecule has 1 aliphatic heterocycles. The molecule has 0 aliphatic carbocycles. The van der Waals surface area contributed by atoms with Gasteiger partial charge in [0.25, 0.3) is 0 Å². The second-order valence-electron chi connectivity index (χ2n) is 9.45. The fourth-order valence-electron chi connectivity index (χ4n) is 4.61. The molecule has 0 radical (unpaired) electrons. The number of nitrogens with one attached hydrogen (secondary N) is 2. The van der Waals surface area contributed by atoms with Gasteiger partial charge in [0.1, 0.15) is 10.9 Å². The molecule has 3 heterocycles. The van der Waals surface area contributed by atoms with Crippen molar-refractivity contribution in [2.24, 2.45) is 0 Å². The number of anilines is 1. The number of nitrogens with zero attached hydrogens (tertiary/aromatic N) is 4. The van der Waals surface area contributed by atoms with E-state index in [2.05, 4.69) is 20.6 Å². The number of sulfonamides is 1. The lowest BCUT2D eigenvalue weighted by Crippen LogP contribution is -2.61. The monoisotopic (exact) mass is 598 g/mol. The van der Waals surface area contributed by atoms with E-state index in [9.17, 15) is 31.2 Å². The number of pyridine rings is 2. The number of benzene rings is 2. The molecular formula is C28H25F3N6O4S. The minimum atomic E-state index is -4.53. The van der Waals surface area contributed by atoms with Gasteiger partial charge in [-0.15, -0.1) is 0 Å². The van der Waals surface area contributed by atoms with Crippen molar-refractivity contribution in [2.75, 3.05) is 25.0 Å². The lowest BCUT2D eigenvalue weighted by Gasteiger charge is -2.39. The molecule has 1 unspecified atom stereocenters. The summed E-state index contributed by atoms with van der Waals surface area (Å²) in [6, 6.07) is 15.2. The zero-order chi connectivity index (χ0) is 29.9. The zero-order valence-corrected chi connectivity index (χ0v) is 22.8. The fourth-order valence-corrected chi connectivity index (χ4v) is 6.34. The van der Waals surface area contributed by atoms with Gasteiger partial charge in [-0.1, -0.05) is 24.3 Å². The average Bonchev–Trinajstić information content (AvgIpc) is 2.99. The number of fused-ring (bicyclic) bond motifs is 1. The molecule has 14 heteroatoms. The van der Waals surface area contributed by atoms with Gasteiger partial charge in [0, 0.05) is 43.1 Å². The molecule has 1 saturated heterocycles. The molecule has 42 heavy (non-hydrogen) atoms. The van der Waals surface area contributed by atoms with E-state index >= 15 is 0 Å². The molecule has 1 atom stereocenters. The number of urea groups is 1. The van der Waals surface area contributed by atoms with E-state index in [1.807, 2.05) is 0 Å². The van der Waals surface area contributed by atoms with Gasteiger partial charge in [-0.05, 0) is 48.5 Å². The molecule has 1 aliphatic rings. The highest BCUT2D eigenvalue weighted by Crippen LogP contribution is 2.30. The van der Waals surface area contributed by atoms with E-state index < -0.39 is 39.7 Å². The summed E-state index contributed by atoms with van der Waals surface area (Å²) < 4.78 is 67.7. The van der Waals surface area contributed by atoms with Gasteiger partial charge < -0.3 is 15.5 Å². The first-order chi connectivity index (χ1) is 20.0. The number of hydrogen-bond acceptors (Lipinski definition) is 6. The molecule has 4 aromatic rings. The lowest BCUT2D eigenvalue weighted by atomic mass is 10.2. The highest BCUT2D eigenvalue weighted by molar-refractivity contribution is 7.89. The van der Waals surface area contributed by atoms with Crippen molar-refractivity contribution in [3.8, 4) is 0 Å². The first kappa shape index (κ1) is 29.0. The van der Waals surface area contributed by atoms with Crippen molar-refractivity contribution in [3.05, 3.63) is 96.4 Å². The van der Waals surface area contributed by atoms with E-state index in [-0.39, 0.29) is 42.3 Å². The van der Waals surface area contributed by atoms with Crippen LogP contribution in [0.3, 0.4) is 0 Å². The van der Waals surface area contributed by atoms with Crippen LogP contribution >= 0.6 is 0 Å². The molecule has 0 bridgehead atoms. The number of amides is 3. The van der Waals surface area contributed by atoms with Crippen LogP contribution in [0.4, 0.5) is 23.7 Å². The van der Waals surface area contributed by atoms with Gasteiger partial charge >= 0.3 is 12.2 Å². The van der Waals surface area contributed by atoms with E-state index in [0.717, 1.165) is 28.6 Å². The summed E-state index contributed by atoms with van der Waals surface area (Å²) in [5.74, 6) is -0.649. The maximum Gasteiger partial charge on any atom is 0.416 e. The molecule has 1 fully saturated rings. The fraction of sp³-hybridized carbons (Fsp3) is 0.214. The molecule has 218 valence electrons. The number of para-hydroxylation sites is 1. The Morgan fingerprint density at radius 2 is 1.64 bits per heavy atom. The standard InChI is InChI=1S/C28H25F3N6O4S/c29-28(30,31)20-9-11-21(12-10-20)35-27(39)36-15-16-37(23(18-36)26(38)34-17-22-7-1-2-13-32-22)42(40,41)24-8-3-5-19-6-4-14-33-25(19)24/h1-14,23H,15-18H2,(H,34,38)(H,35,39). The third kappa shape index (κ3) is 6.19. The maximum atomic E-state index is 14.0. The van der Waals surface area contributed by atoms with Crippen LogP contribution in [-0.4, -0.2) is 65.2 Å². The minimum absolute atomic E-state index is 0.0254. The Morgan fingerprint density at radius 3 is 2.36 bits per heavy atom. The largest absolute Gasteiger partial charge is 0.416 e. The van der Waals surface area contributed by atoms with Gasteiger partial charge in [0.2, 0.25) is 15.9 Å². The highest BCUT2D eigenvalue weighted by atomic mass is 32.2. The van der Waals surface area contributed by atoms with Crippen LogP contribution in [0.5, 0.6) is 0 Å². The first-order valence-corrected chi connectivity index (χ1v) is 14.2. The average molecular weight is 599 g/mol. The van der Waals surface area contributed by atoms with Crippen LogP contribution in [0, 0.1) is 0 Å². The molecule has 5 rings (SSSR count). The maximum absolute atomic E-state index is 14.0. The number of piperazine rings is 1.